The minimum atomic E-state index is 0.00130. The molecule has 4 aromatic carbocycles. The second kappa shape index (κ2) is 5.89. The Kier molecular flexibility index (Phi) is 3.33. The Morgan fingerprint density at radius 2 is 1.30 bits per heavy atom. The topological polar surface area (TPSA) is 0 Å². The van der Waals surface area contributed by atoms with E-state index in [-0.39, 0.29) is 9.49 Å². The van der Waals surface area contributed by atoms with E-state index < -0.39 is 0 Å². The van der Waals surface area contributed by atoms with Gasteiger partial charge in [0.2, 0.25) is 0 Å². The third-order valence-electron chi connectivity index (χ3n) is 7.41. The summed E-state index contributed by atoms with van der Waals surface area (Å²) in [5.41, 5.74) is 8.85. The van der Waals surface area contributed by atoms with E-state index >= 15 is 0 Å². The molecule has 4 aromatic rings. The fourth-order valence-corrected chi connectivity index (χ4v) is 8.18. The SMILES string of the molecule is C1=Cc2ccccc2C2(SC23CCCc2c3ccc3ccccc23)c2ccccc21. The Hall–Kier alpha value is -2.77. The molecule has 0 amide bonds. The van der Waals surface area contributed by atoms with Crippen LogP contribution in [0.1, 0.15) is 46.2 Å². The van der Waals surface area contributed by atoms with Crippen molar-refractivity contribution in [1.82, 2.24) is 0 Å². The van der Waals surface area contributed by atoms with Crippen molar-refractivity contribution in [2.45, 2.75) is 28.8 Å². The highest BCUT2D eigenvalue weighted by Crippen LogP contribution is 2.82. The first-order valence-corrected chi connectivity index (χ1v) is 11.7. The third kappa shape index (κ3) is 1.99. The molecule has 0 N–H and O–H groups in total. The second-order valence-corrected chi connectivity index (χ2v) is 10.3. The molecule has 3 aliphatic rings. The number of hydrogen-bond donors (Lipinski definition) is 0. The fourth-order valence-electron chi connectivity index (χ4n) is 6.14. The van der Waals surface area contributed by atoms with E-state index in [4.69, 9.17) is 0 Å². The molecule has 0 nitrogen and oxygen atoms in total. The molecule has 1 heteroatoms. The highest BCUT2D eigenvalue weighted by atomic mass is 32.2. The molecule has 1 atom stereocenters. The van der Waals surface area contributed by atoms with Gasteiger partial charge in [-0.3, -0.25) is 0 Å². The maximum Gasteiger partial charge on any atom is 0.0866 e. The lowest BCUT2D eigenvalue weighted by Crippen LogP contribution is -2.28. The molecule has 0 aromatic heterocycles. The van der Waals surface area contributed by atoms with Gasteiger partial charge in [0.15, 0.2) is 0 Å². The molecule has 0 radical (unpaired) electrons. The Bertz CT molecular complexity index is 1310. The van der Waals surface area contributed by atoms with Crippen LogP contribution in [0.15, 0.2) is 84.9 Å². The van der Waals surface area contributed by atoms with Gasteiger partial charge in [-0.25, -0.2) is 0 Å². The number of rotatable bonds is 0. The van der Waals surface area contributed by atoms with Crippen LogP contribution in [0, 0.1) is 0 Å². The highest BCUT2D eigenvalue weighted by molar-refractivity contribution is 8.08. The van der Waals surface area contributed by atoms with Gasteiger partial charge in [0.25, 0.3) is 0 Å². The molecule has 1 aliphatic heterocycles. The van der Waals surface area contributed by atoms with Crippen LogP contribution in [0.25, 0.3) is 22.9 Å². The van der Waals surface area contributed by atoms with Gasteiger partial charge >= 0.3 is 0 Å². The molecule has 1 unspecified atom stereocenters. The van der Waals surface area contributed by atoms with Crippen LogP contribution in [0.5, 0.6) is 0 Å². The van der Waals surface area contributed by atoms with Crippen molar-refractivity contribution >= 4 is 34.7 Å². The van der Waals surface area contributed by atoms with Gasteiger partial charge in [-0.15, -0.1) is 11.8 Å². The predicted octanol–water partition coefficient (Wildman–Crippen LogP) is 7.55. The Morgan fingerprint density at radius 1 is 0.633 bits per heavy atom. The molecule has 0 bridgehead atoms. The normalized spacial score (nSPS) is 22.4. The minimum Gasteiger partial charge on any atom is -0.130 e. The lowest BCUT2D eigenvalue weighted by atomic mass is 9.69. The molecule has 2 aliphatic carbocycles. The summed E-state index contributed by atoms with van der Waals surface area (Å²) in [4.78, 5) is 0. The standard InChI is InChI=1S/C29H22S/c1-4-11-23-20(8-1)17-18-27-24(23)12-7-19-28(27)29(30-28)25-13-5-2-9-21(25)15-16-22-10-3-6-14-26(22)29/h1-6,8-11,13-18H,7,12,19H2. The van der Waals surface area contributed by atoms with E-state index in [1.165, 1.54) is 52.3 Å². The lowest BCUT2D eigenvalue weighted by molar-refractivity contribution is 0.502. The van der Waals surface area contributed by atoms with Crippen molar-refractivity contribution in [2.24, 2.45) is 0 Å². The van der Waals surface area contributed by atoms with Gasteiger partial charge in [0.1, 0.15) is 0 Å². The summed E-state index contributed by atoms with van der Waals surface area (Å²) in [7, 11) is 0. The van der Waals surface area contributed by atoms with Crippen LogP contribution >= 0.6 is 11.8 Å². The number of hydrogen-bond acceptors (Lipinski definition) is 1. The largest absolute Gasteiger partial charge is 0.130 e. The smallest absolute Gasteiger partial charge is 0.0866 e. The fraction of sp³-hybridized carbons (Fsp3) is 0.172. The van der Waals surface area contributed by atoms with Crippen LogP contribution < -0.4 is 0 Å². The van der Waals surface area contributed by atoms with Gasteiger partial charge < -0.3 is 0 Å². The van der Waals surface area contributed by atoms with Gasteiger partial charge in [-0.1, -0.05) is 97.1 Å². The maximum absolute atomic E-state index is 2.45. The summed E-state index contributed by atoms with van der Waals surface area (Å²) < 4.78 is 0.129. The number of thioether (sulfide) groups is 1. The first-order valence-electron chi connectivity index (χ1n) is 10.9. The average Bonchev–Trinajstić information content (AvgIpc) is 3.50. The Balaban J connectivity index is 1.55. The van der Waals surface area contributed by atoms with Gasteiger partial charge in [0, 0.05) is 0 Å². The quantitative estimate of drug-likeness (QED) is 0.274. The summed E-state index contributed by atoms with van der Waals surface area (Å²) in [6.45, 7) is 0. The van der Waals surface area contributed by atoms with Gasteiger partial charge in [0.05, 0.1) is 9.49 Å². The van der Waals surface area contributed by atoms with E-state index in [2.05, 4.69) is 109 Å². The second-order valence-electron chi connectivity index (χ2n) is 8.78. The number of benzene rings is 4. The zero-order valence-electron chi connectivity index (χ0n) is 16.8. The molecule has 7 rings (SSSR count). The van der Waals surface area contributed by atoms with Crippen molar-refractivity contribution in [1.29, 1.82) is 0 Å². The first kappa shape index (κ1) is 17.0. The van der Waals surface area contributed by atoms with Crippen LogP contribution in [0.3, 0.4) is 0 Å². The zero-order valence-corrected chi connectivity index (χ0v) is 17.6. The number of fused-ring (bicyclic) bond motifs is 9. The number of aryl methyl sites for hydroxylation is 1. The van der Waals surface area contributed by atoms with E-state index in [9.17, 15) is 0 Å². The first-order chi connectivity index (χ1) is 14.8. The maximum atomic E-state index is 2.45. The zero-order chi connectivity index (χ0) is 19.8. The van der Waals surface area contributed by atoms with Gasteiger partial charge in [-0.05, 0) is 63.4 Å². The van der Waals surface area contributed by atoms with E-state index in [0.29, 0.717) is 0 Å². The average molecular weight is 403 g/mol. The molecular formula is C29H22S. The molecule has 30 heavy (non-hydrogen) atoms. The van der Waals surface area contributed by atoms with Crippen LogP contribution in [0.4, 0.5) is 0 Å². The van der Waals surface area contributed by atoms with Crippen LogP contribution in [0.2, 0.25) is 0 Å². The van der Waals surface area contributed by atoms with Gasteiger partial charge in [-0.2, -0.15) is 0 Å². The highest BCUT2D eigenvalue weighted by Gasteiger charge is 2.72. The third-order valence-corrected chi connectivity index (χ3v) is 9.38. The summed E-state index contributed by atoms with van der Waals surface area (Å²) in [5, 5.41) is 2.82. The van der Waals surface area contributed by atoms with E-state index in [1.807, 2.05) is 0 Å². The van der Waals surface area contributed by atoms with E-state index in [1.54, 1.807) is 11.1 Å². The predicted molar refractivity (Wildman–Crippen MR) is 129 cm³/mol. The minimum absolute atomic E-state index is 0.00130. The van der Waals surface area contributed by atoms with Crippen LogP contribution in [-0.4, -0.2) is 0 Å². The van der Waals surface area contributed by atoms with Crippen molar-refractivity contribution in [2.75, 3.05) is 0 Å². The molecule has 144 valence electrons. The lowest BCUT2D eigenvalue weighted by Gasteiger charge is -2.32. The van der Waals surface area contributed by atoms with Crippen LogP contribution in [-0.2, 0) is 15.9 Å². The van der Waals surface area contributed by atoms with Crippen molar-refractivity contribution in [3.05, 3.63) is 118 Å². The molecule has 0 saturated carbocycles. The summed E-state index contributed by atoms with van der Waals surface area (Å²) in [5.74, 6) is 0. The van der Waals surface area contributed by atoms with Crippen molar-refractivity contribution in [3.63, 3.8) is 0 Å². The van der Waals surface area contributed by atoms with Crippen molar-refractivity contribution < 1.29 is 0 Å². The van der Waals surface area contributed by atoms with Crippen molar-refractivity contribution in [3.8, 4) is 0 Å². The monoisotopic (exact) mass is 402 g/mol. The Morgan fingerprint density at radius 3 is 2.07 bits per heavy atom. The summed E-state index contributed by atoms with van der Waals surface area (Å²) >= 11 is 2.19. The Labute approximate surface area is 181 Å². The molecule has 1 heterocycles. The molecular weight excluding hydrogens is 380 g/mol. The van der Waals surface area contributed by atoms with E-state index in [0.717, 1.165) is 0 Å². The molecule has 1 fully saturated rings. The summed E-state index contributed by atoms with van der Waals surface area (Å²) in [6, 6.07) is 31.8. The molecule has 2 spiro atoms. The molecule has 1 saturated heterocycles. The summed E-state index contributed by atoms with van der Waals surface area (Å²) in [6.07, 6.45) is 8.33.